The molecule has 2 heterocycles. The third-order valence-electron chi connectivity index (χ3n) is 3.86. The fraction of sp³-hybridized carbons (Fsp3) is 0.600. The van der Waals surface area contributed by atoms with Crippen molar-refractivity contribution in [2.24, 2.45) is 0 Å². The molecule has 6 heteroatoms. The van der Waals surface area contributed by atoms with E-state index in [0.717, 1.165) is 24.1 Å². The van der Waals surface area contributed by atoms with Crippen LogP contribution in [0.1, 0.15) is 37.9 Å². The van der Waals surface area contributed by atoms with Crippen LogP contribution in [0.15, 0.2) is 6.07 Å². The van der Waals surface area contributed by atoms with Crippen LogP contribution in [0.4, 0.5) is 10.5 Å². The number of amides is 2. The molecule has 1 atom stereocenters. The van der Waals surface area contributed by atoms with Crippen LogP contribution in [-0.2, 0) is 0 Å². The molecular formula is C15H22ClN3O2. The molecule has 21 heavy (non-hydrogen) atoms. The van der Waals surface area contributed by atoms with E-state index in [2.05, 4.69) is 10.3 Å². The van der Waals surface area contributed by atoms with Crippen molar-refractivity contribution in [2.75, 3.05) is 11.9 Å². The zero-order valence-electron chi connectivity index (χ0n) is 12.9. The number of likely N-dealkylation sites (tertiary alicyclic amines) is 1. The third kappa shape index (κ3) is 3.47. The van der Waals surface area contributed by atoms with Crippen molar-refractivity contribution in [3.05, 3.63) is 22.5 Å². The minimum Gasteiger partial charge on any atom is -0.388 e. The molecule has 1 unspecified atom stereocenters. The number of rotatable bonds is 2. The van der Waals surface area contributed by atoms with Crippen LogP contribution in [0.5, 0.6) is 0 Å². The van der Waals surface area contributed by atoms with Crippen LogP contribution < -0.4 is 5.32 Å². The van der Waals surface area contributed by atoms with Crippen LogP contribution in [0.3, 0.4) is 0 Å². The van der Waals surface area contributed by atoms with E-state index in [9.17, 15) is 9.90 Å². The molecule has 1 saturated heterocycles. The van der Waals surface area contributed by atoms with E-state index in [1.807, 2.05) is 19.9 Å². The fourth-order valence-corrected chi connectivity index (χ4v) is 3.19. The highest BCUT2D eigenvalue weighted by Crippen LogP contribution is 2.29. The number of aromatic nitrogens is 1. The summed E-state index contributed by atoms with van der Waals surface area (Å²) in [6.07, 6.45) is 1.69. The van der Waals surface area contributed by atoms with E-state index < -0.39 is 5.60 Å². The normalized spacial score (nSPS) is 19.0. The predicted molar refractivity (Wildman–Crippen MR) is 83.8 cm³/mol. The van der Waals surface area contributed by atoms with E-state index in [-0.39, 0.29) is 12.1 Å². The first-order valence-corrected chi connectivity index (χ1v) is 7.51. The molecule has 0 saturated carbocycles. The number of aliphatic hydroxyl groups is 1. The maximum atomic E-state index is 12.5. The molecule has 5 nitrogen and oxygen atoms in total. The molecule has 1 aromatic heterocycles. The third-order valence-corrected chi connectivity index (χ3v) is 4.14. The second-order valence-electron chi connectivity index (χ2n) is 6.18. The molecule has 0 spiro atoms. The molecule has 2 rings (SSSR count). The minimum absolute atomic E-state index is 0.185. The lowest BCUT2D eigenvalue weighted by atomic mass is 9.97. The Morgan fingerprint density at radius 1 is 1.52 bits per heavy atom. The maximum Gasteiger partial charge on any atom is 0.322 e. The van der Waals surface area contributed by atoms with Crippen molar-refractivity contribution in [3.63, 3.8) is 0 Å². The molecule has 1 aliphatic rings. The molecule has 2 amide bonds. The number of hydrogen-bond donors (Lipinski definition) is 2. The van der Waals surface area contributed by atoms with E-state index in [4.69, 9.17) is 11.6 Å². The van der Waals surface area contributed by atoms with Gasteiger partial charge in [-0.25, -0.2) is 9.78 Å². The van der Waals surface area contributed by atoms with Crippen molar-refractivity contribution in [1.29, 1.82) is 0 Å². The van der Waals surface area contributed by atoms with Crippen molar-refractivity contribution in [3.8, 4) is 0 Å². The summed E-state index contributed by atoms with van der Waals surface area (Å²) in [6.45, 7) is 7.84. The lowest BCUT2D eigenvalue weighted by Crippen LogP contribution is -2.49. The highest BCUT2D eigenvalue weighted by Gasteiger charge is 2.38. The lowest BCUT2D eigenvalue weighted by molar-refractivity contribution is 0.0117. The highest BCUT2D eigenvalue weighted by molar-refractivity contribution is 6.32. The first-order chi connectivity index (χ1) is 9.70. The summed E-state index contributed by atoms with van der Waals surface area (Å²) in [5, 5.41) is 13.3. The average molecular weight is 312 g/mol. The summed E-state index contributed by atoms with van der Waals surface area (Å²) in [6, 6.07) is 1.45. The summed E-state index contributed by atoms with van der Waals surface area (Å²) in [5.74, 6) is 0. The van der Waals surface area contributed by atoms with Crippen LogP contribution in [-0.4, -0.2) is 39.2 Å². The van der Waals surface area contributed by atoms with Gasteiger partial charge in [-0.15, -0.1) is 0 Å². The Morgan fingerprint density at radius 3 is 2.76 bits per heavy atom. The van der Waals surface area contributed by atoms with Gasteiger partial charge in [-0.3, -0.25) is 0 Å². The van der Waals surface area contributed by atoms with Gasteiger partial charge in [0.05, 0.1) is 17.3 Å². The second-order valence-corrected chi connectivity index (χ2v) is 6.54. The molecule has 0 bridgehead atoms. The quantitative estimate of drug-likeness (QED) is 0.825. The van der Waals surface area contributed by atoms with Crippen LogP contribution in [0, 0.1) is 13.8 Å². The van der Waals surface area contributed by atoms with Crippen LogP contribution in [0.2, 0.25) is 5.15 Å². The topological polar surface area (TPSA) is 65.5 Å². The summed E-state index contributed by atoms with van der Waals surface area (Å²) in [5.41, 5.74) is 1.30. The number of nitrogens with one attached hydrogen (secondary N) is 1. The monoisotopic (exact) mass is 311 g/mol. The summed E-state index contributed by atoms with van der Waals surface area (Å²) < 4.78 is 0. The number of nitrogens with zero attached hydrogens (tertiary/aromatic N) is 2. The van der Waals surface area contributed by atoms with Crippen LogP contribution >= 0.6 is 11.6 Å². The van der Waals surface area contributed by atoms with Crippen molar-refractivity contribution < 1.29 is 9.90 Å². The first-order valence-electron chi connectivity index (χ1n) is 7.14. The van der Waals surface area contributed by atoms with E-state index >= 15 is 0 Å². The Hall–Kier alpha value is -1.33. The van der Waals surface area contributed by atoms with Gasteiger partial charge >= 0.3 is 6.03 Å². The average Bonchev–Trinajstić information content (AvgIpc) is 2.82. The van der Waals surface area contributed by atoms with E-state index in [1.54, 1.807) is 18.7 Å². The number of aryl methyl sites for hydroxylation is 2. The van der Waals surface area contributed by atoms with Gasteiger partial charge in [0.2, 0.25) is 0 Å². The Balaban J connectivity index is 2.19. The SMILES string of the molecule is Cc1cc(C)c(NC(=O)N2CCCC2C(C)(C)O)c(Cl)n1. The number of urea groups is 1. The standard InChI is InChI=1S/C15H22ClN3O2/c1-9-8-10(2)17-13(16)12(9)18-14(20)19-7-5-6-11(19)15(3,4)21/h8,11,21H,5-7H2,1-4H3,(H,18,20). The molecule has 1 fully saturated rings. The minimum atomic E-state index is -0.918. The molecule has 2 N–H and O–H groups in total. The Kier molecular flexibility index (Phi) is 4.44. The number of anilines is 1. The van der Waals surface area contributed by atoms with Gasteiger partial charge < -0.3 is 15.3 Å². The van der Waals surface area contributed by atoms with Gasteiger partial charge in [0.25, 0.3) is 0 Å². The molecule has 1 aromatic rings. The van der Waals surface area contributed by atoms with Crippen molar-refractivity contribution in [2.45, 2.75) is 52.2 Å². The number of pyridine rings is 1. The number of halogens is 1. The van der Waals surface area contributed by atoms with Crippen molar-refractivity contribution in [1.82, 2.24) is 9.88 Å². The van der Waals surface area contributed by atoms with Gasteiger partial charge in [-0.1, -0.05) is 11.6 Å². The predicted octanol–water partition coefficient (Wildman–Crippen LogP) is 3.12. The van der Waals surface area contributed by atoms with Gasteiger partial charge in [0, 0.05) is 12.2 Å². The second kappa shape index (κ2) is 5.81. The zero-order chi connectivity index (χ0) is 15.8. The van der Waals surface area contributed by atoms with E-state index in [1.165, 1.54) is 0 Å². The van der Waals surface area contributed by atoms with Crippen molar-refractivity contribution >= 4 is 23.3 Å². The highest BCUT2D eigenvalue weighted by atomic mass is 35.5. The molecule has 0 radical (unpaired) electrons. The molecule has 116 valence electrons. The van der Waals surface area contributed by atoms with Gasteiger partial charge in [-0.2, -0.15) is 0 Å². The first kappa shape index (κ1) is 16.0. The zero-order valence-corrected chi connectivity index (χ0v) is 13.7. The Bertz CT molecular complexity index is 531. The molecule has 0 aliphatic carbocycles. The largest absolute Gasteiger partial charge is 0.388 e. The molecule has 1 aliphatic heterocycles. The molecule has 0 aromatic carbocycles. The Morgan fingerprint density at radius 2 is 2.19 bits per heavy atom. The smallest absolute Gasteiger partial charge is 0.322 e. The summed E-state index contributed by atoms with van der Waals surface area (Å²) in [7, 11) is 0. The number of carbonyl (C=O) groups excluding carboxylic acids is 1. The number of carbonyl (C=O) groups is 1. The number of hydrogen-bond acceptors (Lipinski definition) is 3. The van der Waals surface area contributed by atoms with Gasteiger partial charge in [0.15, 0.2) is 5.15 Å². The van der Waals surface area contributed by atoms with Gasteiger partial charge in [0.1, 0.15) is 0 Å². The summed E-state index contributed by atoms with van der Waals surface area (Å²) >= 11 is 6.12. The Labute approximate surface area is 130 Å². The fourth-order valence-electron chi connectivity index (χ4n) is 2.86. The molecular weight excluding hydrogens is 290 g/mol. The summed E-state index contributed by atoms with van der Waals surface area (Å²) in [4.78, 5) is 18.3. The van der Waals surface area contributed by atoms with E-state index in [0.29, 0.717) is 17.4 Å². The maximum absolute atomic E-state index is 12.5. The van der Waals surface area contributed by atoms with Gasteiger partial charge in [-0.05, 0) is 52.2 Å². The van der Waals surface area contributed by atoms with Crippen LogP contribution in [0.25, 0.3) is 0 Å². The lowest BCUT2D eigenvalue weighted by Gasteiger charge is -2.33.